The number of aliphatic hydroxyl groups excluding tert-OH is 2. The first kappa shape index (κ1) is 28.7. The average Bonchev–Trinajstić information content (AvgIpc) is 2.90. The number of likely N-dealkylation sites (N-methyl/N-ethyl adjacent to an activating group) is 1. The Hall–Kier alpha value is -3.77. The second-order valence-corrected chi connectivity index (χ2v) is 11.7. The Morgan fingerprint density at radius 3 is 2.27 bits per heavy atom. The molecule has 1 amide bonds. The van der Waals surface area contributed by atoms with Crippen LogP contribution < -0.4 is 16.4 Å². The van der Waals surface area contributed by atoms with Crippen molar-refractivity contribution in [3.05, 3.63) is 52.6 Å². The highest BCUT2D eigenvalue weighted by molar-refractivity contribution is 6.25. The summed E-state index contributed by atoms with van der Waals surface area (Å²) in [7, 11) is 7.09. The van der Waals surface area contributed by atoms with Gasteiger partial charge in [0.15, 0.2) is 11.4 Å². The summed E-state index contributed by atoms with van der Waals surface area (Å²) in [6, 6.07) is 8.55. The molecule has 11 nitrogen and oxygen atoms in total. The van der Waals surface area contributed by atoms with E-state index in [2.05, 4.69) is 0 Å². The van der Waals surface area contributed by atoms with E-state index in [-0.39, 0.29) is 36.3 Å². The number of aliphatic hydroxyl groups is 3. The van der Waals surface area contributed by atoms with E-state index >= 15 is 0 Å². The van der Waals surface area contributed by atoms with Gasteiger partial charge >= 0.3 is 0 Å². The second-order valence-electron chi connectivity index (χ2n) is 11.7. The number of nitrogens with two attached hydrogens (primary N) is 2. The van der Waals surface area contributed by atoms with Crippen molar-refractivity contribution >= 4 is 28.9 Å². The van der Waals surface area contributed by atoms with E-state index in [1.54, 1.807) is 25.1 Å². The number of rotatable bonds is 5. The number of carbonyl (C=O) groups is 3. The number of phenolic OH excluding ortho intramolecular Hbond substituents is 1. The van der Waals surface area contributed by atoms with Gasteiger partial charge in [0, 0.05) is 49.4 Å². The van der Waals surface area contributed by atoms with E-state index < -0.39 is 58.7 Å². The number of fused-ring (bicyclic) bond motifs is 3. The van der Waals surface area contributed by atoms with E-state index in [0.717, 1.165) is 16.8 Å². The summed E-state index contributed by atoms with van der Waals surface area (Å²) in [4.78, 5) is 43.3. The summed E-state index contributed by atoms with van der Waals surface area (Å²) in [6.45, 7) is -0.0466. The Morgan fingerprint density at radius 1 is 1.10 bits per heavy atom. The number of benzene rings is 2. The summed E-state index contributed by atoms with van der Waals surface area (Å²) in [5, 5.41) is 45.6. The van der Waals surface area contributed by atoms with Gasteiger partial charge in [0.25, 0.3) is 0 Å². The summed E-state index contributed by atoms with van der Waals surface area (Å²) in [5.41, 5.74) is 12.0. The van der Waals surface area contributed by atoms with Crippen LogP contribution in [0.15, 0.2) is 35.9 Å². The van der Waals surface area contributed by atoms with Crippen molar-refractivity contribution in [3.8, 4) is 16.9 Å². The fourth-order valence-corrected chi connectivity index (χ4v) is 7.08. The fraction of sp³-hybridized carbons (Fsp3) is 0.433. The number of aromatic hydroxyl groups is 1. The molecule has 0 bridgehead atoms. The third-order valence-electron chi connectivity index (χ3n) is 9.08. The van der Waals surface area contributed by atoms with Crippen molar-refractivity contribution in [1.82, 2.24) is 4.90 Å². The first-order chi connectivity index (χ1) is 19.2. The van der Waals surface area contributed by atoms with Gasteiger partial charge < -0.3 is 41.7 Å². The number of ketones is 2. The minimum atomic E-state index is -2.70. The molecule has 0 radical (unpaired) electrons. The molecular formula is C30H36N4O7. The maximum Gasteiger partial charge on any atom is 0.230 e. The van der Waals surface area contributed by atoms with E-state index in [0.29, 0.717) is 11.1 Å². The molecule has 6 atom stereocenters. The standard InChI is InChI=1S/C30H36N4O7/c1-33(2)16-7-5-13(6-8-16)17-10-15(12-31)24(35)21-18(17)9-14-11-19-23(34(3)4)26(37)22(29(32)40)28(39)30(19,41)27(38)20(14)25(21)36/h5-8,10,14,19,22-23,26,35-37,41H,9,11-12,31H2,1-4H3,(H2,32,40)/t14-,19-,22?,23?,26?,30-/m1/s1. The number of phenols is 1. The molecule has 0 aromatic heterocycles. The molecule has 0 aliphatic heterocycles. The zero-order valence-corrected chi connectivity index (χ0v) is 23.5. The Balaban J connectivity index is 1.72. The lowest BCUT2D eigenvalue weighted by Crippen LogP contribution is -2.73. The molecule has 2 saturated carbocycles. The van der Waals surface area contributed by atoms with Crippen LogP contribution in [0.25, 0.3) is 16.9 Å². The molecule has 5 rings (SSSR count). The van der Waals surface area contributed by atoms with E-state index in [4.69, 9.17) is 11.5 Å². The average molecular weight is 565 g/mol. The van der Waals surface area contributed by atoms with E-state index in [1.165, 1.54) is 0 Å². The molecule has 8 N–H and O–H groups in total. The Bertz CT molecular complexity index is 1480. The largest absolute Gasteiger partial charge is 0.507 e. The van der Waals surface area contributed by atoms with Crippen LogP contribution in [0.1, 0.15) is 23.1 Å². The Morgan fingerprint density at radius 2 is 1.73 bits per heavy atom. The minimum absolute atomic E-state index is 0.0280. The second kappa shape index (κ2) is 9.95. The highest BCUT2D eigenvalue weighted by Crippen LogP contribution is 2.53. The van der Waals surface area contributed by atoms with Crippen molar-refractivity contribution in [2.45, 2.75) is 37.1 Å². The maximum atomic E-state index is 14.1. The molecule has 3 aliphatic rings. The van der Waals surface area contributed by atoms with Crippen LogP contribution in [-0.4, -0.2) is 88.7 Å². The van der Waals surface area contributed by atoms with Gasteiger partial charge in [0.2, 0.25) is 11.7 Å². The first-order valence-corrected chi connectivity index (χ1v) is 13.5. The normalized spacial score (nSPS) is 29.2. The molecule has 3 unspecified atom stereocenters. The highest BCUT2D eigenvalue weighted by atomic mass is 16.3. The quantitative estimate of drug-likeness (QED) is 0.276. The lowest BCUT2D eigenvalue weighted by molar-refractivity contribution is -0.184. The Labute approximate surface area is 237 Å². The summed E-state index contributed by atoms with van der Waals surface area (Å²) >= 11 is 0. The van der Waals surface area contributed by atoms with Crippen LogP contribution >= 0.6 is 0 Å². The van der Waals surface area contributed by atoms with Gasteiger partial charge in [-0.25, -0.2) is 0 Å². The number of hydrogen-bond acceptors (Lipinski definition) is 10. The van der Waals surface area contributed by atoms with Gasteiger partial charge in [-0.2, -0.15) is 0 Å². The lowest BCUT2D eigenvalue weighted by Gasteiger charge is -2.53. The van der Waals surface area contributed by atoms with Crippen LogP contribution in [0.3, 0.4) is 0 Å². The third-order valence-corrected chi connectivity index (χ3v) is 9.08. The molecule has 2 aromatic rings. The third kappa shape index (κ3) is 4.06. The molecule has 0 spiro atoms. The monoisotopic (exact) mass is 564 g/mol. The molecule has 218 valence electrons. The summed E-state index contributed by atoms with van der Waals surface area (Å²) < 4.78 is 0. The van der Waals surface area contributed by atoms with Crippen LogP contribution in [-0.2, 0) is 27.3 Å². The number of nitrogens with zero attached hydrogens (tertiary/aromatic N) is 2. The predicted octanol–water partition coefficient (Wildman–Crippen LogP) is 0.321. The van der Waals surface area contributed by atoms with Gasteiger partial charge in [0.05, 0.1) is 11.7 Å². The van der Waals surface area contributed by atoms with Crippen molar-refractivity contribution in [2.75, 3.05) is 33.1 Å². The lowest BCUT2D eigenvalue weighted by atomic mass is 9.54. The molecule has 11 heteroatoms. The number of carbonyl (C=O) groups excluding carboxylic acids is 3. The van der Waals surface area contributed by atoms with Gasteiger partial charge in [-0.15, -0.1) is 0 Å². The van der Waals surface area contributed by atoms with Gasteiger partial charge in [0.1, 0.15) is 17.4 Å². The molecular weight excluding hydrogens is 528 g/mol. The van der Waals surface area contributed by atoms with Crippen molar-refractivity contribution in [1.29, 1.82) is 0 Å². The number of Topliss-reactive ketones (excluding diaryl/α,β-unsaturated/α-hetero) is 2. The van der Waals surface area contributed by atoms with Crippen LogP contribution in [0, 0.1) is 17.8 Å². The highest BCUT2D eigenvalue weighted by Gasteiger charge is 2.67. The summed E-state index contributed by atoms with van der Waals surface area (Å²) in [5.74, 6) is -7.74. The van der Waals surface area contributed by atoms with Gasteiger partial charge in [-0.3, -0.25) is 14.4 Å². The van der Waals surface area contributed by atoms with E-state index in [1.807, 2.05) is 43.3 Å². The topological polar surface area (TPSA) is 191 Å². The van der Waals surface area contributed by atoms with E-state index in [9.17, 15) is 34.8 Å². The number of primary amides is 1. The number of amides is 1. The van der Waals surface area contributed by atoms with Crippen LogP contribution in [0.2, 0.25) is 0 Å². The van der Waals surface area contributed by atoms with Crippen molar-refractivity contribution < 1.29 is 34.8 Å². The number of anilines is 1. The first-order valence-electron chi connectivity index (χ1n) is 13.5. The number of hydrogen-bond donors (Lipinski definition) is 6. The van der Waals surface area contributed by atoms with Crippen LogP contribution in [0.5, 0.6) is 5.75 Å². The van der Waals surface area contributed by atoms with Crippen LogP contribution in [0.4, 0.5) is 5.69 Å². The molecule has 0 saturated heterocycles. The summed E-state index contributed by atoms with van der Waals surface area (Å²) in [6.07, 6.45) is -1.28. The SMILES string of the molecule is CN(C)c1ccc(-c2cc(CN)c(O)c3c2C[C@@H]2C[C@@H]4C(N(C)C)C(O)C(C(N)=O)C(=O)[C@]4(O)C(=O)C2=C3O)cc1. The van der Waals surface area contributed by atoms with Gasteiger partial charge in [-0.1, -0.05) is 12.1 Å². The molecule has 0 heterocycles. The molecule has 41 heavy (non-hydrogen) atoms. The predicted molar refractivity (Wildman–Crippen MR) is 152 cm³/mol. The van der Waals surface area contributed by atoms with Crippen molar-refractivity contribution in [3.63, 3.8) is 0 Å². The zero-order chi connectivity index (χ0) is 30.1. The smallest absolute Gasteiger partial charge is 0.230 e. The molecule has 2 aromatic carbocycles. The molecule has 2 fully saturated rings. The van der Waals surface area contributed by atoms with Gasteiger partial charge in [-0.05, 0) is 67.7 Å². The molecule has 3 aliphatic carbocycles. The fourth-order valence-electron chi connectivity index (χ4n) is 7.08. The minimum Gasteiger partial charge on any atom is -0.507 e. The Kier molecular flexibility index (Phi) is 6.98. The zero-order valence-electron chi connectivity index (χ0n) is 23.5. The van der Waals surface area contributed by atoms with Crippen molar-refractivity contribution in [2.24, 2.45) is 29.2 Å². The maximum absolute atomic E-state index is 14.1.